The first-order valence-electron chi connectivity index (χ1n) is 10.9. The summed E-state index contributed by atoms with van der Waals surface area (Å²) in [4.78, 5) is 0. The highest BCUT2D eigenvalue weighted by Crippen LogP contribution is 2.23. The number of rotatable bonds is 1. The molecule has 1 aliphatic rings. The summed E-state index contributed by atoms with van der Waals surface area (Å²) in [6, 6.07) is 8.69. The van der Waals surface area contributed by atoms with Crippen LogP contribution in [0.1, 0.15) is 79.9 Å². The van der Waals surface area contributed by atoms with Gasteiger partial charge in [0, 0.05) is 0 Å². The Bertz CT molecular complexity index is 789. The van der Waals surface area contributed by atoms with Crippen molar-refractivity contribution in [1.82, 2.24) is 0 Å². The molecular weight excluding hydrogens is 324 g/mol. The quantitative estimate of drug-likeness (QED) is 0.485. The molecule has 0 saturated carbocycles. The van der Waals surface area contributed by atoms with Crippen LogP contribution in [0.2, 0.25) is 0 Å². The van der Waals surface area contributed by atoms with E-state index in [1.54, 1.807) is 0 Å². The van der Waals surface area contributed by atoms with Gasteiger partial charge < -0.3 is 0 Å². The fourth-order valence-electron chi connectivity index (χ4n) is 3.08. The summed E-state index contributed by atoms with van der Waals surface area (Å²) < 4.78 is 0. The smallest absolute Gasteiger partial charge is 0.0102 e. The van der Waals surface area contributed by atoms with Crippen molar-refractivity contribution >= 4 is 29.0 Å². The van der Waals surface area contributed by atoms with Crippen LogP contribution in [0.4, 0.5) is 0 Å². The lowest BCUT2D eigenvalue weighted by molar-refractivity contribution is 0.977. The van der Waals surface area contributed by atoms with Crippen molar-refractivity contribution in [2.45, 2.75) is 75.2 Å². The van der Waals surface area contributed by atoms with Crippen molar-refractivity contribution in [3.8, 4) is 0 Å². The van der Waals surface area contributed by atoms with Crippen molar-refractivity contribution in [2.24, 2.45) is 0 Å². The summed E-state index contributed by atoms with van der Waals surface area (Å²) in [6.45, 7) is 22.0. The molecule has 1 aliphatic carbocycles. The molecule has 150 valence electrons. The SMILES string of the molecule is C=C/C=c1/c2c(c3ccccc3/c1=C/C)C=CCC2.CC.CC.CC.CC. The molecule has 2 aromatic carbocycles. The average Bonchev–Trinajstić information content (AvgIpc) is 2.79. The minimum atomic E-state index is 1.12. The largest absolute Gasteiger partial charge is 0.0990 e. The van der Waals surface area contributed by atoms with Crippen LogP contribution >= 0.6 is 0 Å². The Morgan fingerprint density at radius 2 is 1.37 bits per heavy atom. The molecule has 0 aliphatic heterocycles. The van der Waals surface area contributed by atoms with Gasteiger partial charge in [0.1, 0.15) is 0 Å². The van der Waals surface area contributed by atoms with Gasteiger partial charge in [-0.05, 0) is 52.1 Å². The van der Waals surface area contributed by atoms with Crippen molar-refractivity contribution in [3.63, 3.8) is 0 Å². The summed E-state index contributed by atoms with van der Waals surface area (Å²) >= 11 is 0. The van der Waals surface area contributed by atoms with Gasteiger partial charge in [0.2, 0.25) is 0 Å². The van der Waals surface area contributed by atoms with E-state index in [0.29, 0.717) is 0 Å². The summed E-state index contributed by atoms with van der Waals surface area (Å²) in [7, 11) is 0. The van der Waals surface area contributed by atoms with E-state index in [1.165, 1.54) is 32.3 Å². The van der Waals surface area contributed by atoms with Gasteiger partial charge in [0.15, 0.2) is 0 Å². The third-order valence-corrected chi connectivity index (χ3v) is 3.87. The number of hydrogen-bond acceptors (Lipinski definition) is 0. The lowest BCUT2D eigenvalue weighted by Gasteiger charge is -2.15. The maximum Gasteiger partial charge on any atom is -0.0102 e. The molecule has 2 aromatic rings. The third kappa shape index (κ3) is 6.86. The maximum atomic E-state index is 3.87. The molecule has 0 heterocycles. The summed E-state index contributed by atoms with van der Waals surface area (Å²) in [5.74, 6) is 0. The van der Waals surface area contributed by atoms with Crippen molar-refractivity contribution in [3.05, 3.63) is 64.6 Å². The van der Waals surface area contributed by atoms with Crippen molar-refractivity contribution in [2.75, 3.05) is 0 Å². The molecule has 0 bridgehead atoms. The highest BCUT2D eigenvalue weighted by molar-refractivity contribution is 5.93. The zero-order valence-corrected chi connectivity index (χ0v) is 19.3. The molecule has 0 spiro atoms. The molecule has 0 N–H and O–H groups in total. The van der Waals surface area contributed by atoms with Crippen LogP contribution in [-0.2, 0) is 6.42 Å². The molecule has 0 nitrogen and oxygen atoms in total. The van der Waals surface area contributed by atoms with Gasteiger partial charge in [-0.3, -0.25) is 0 Å². The van der Waals surface area contributed by atoms with Crippen molar-refractivity contribution < 1.29 is 0 Å². The molecular formula is C27H42. The zero-order valence-electron chi connectivity index (χ0n) is 19.3. The van der Waals surface area contributed by atoms with Crippen LogP contribution in [0.25, 0.3) is 29.0 Å². The van der Waals surface area contributed by atoms with E-state index in [0.717, 1.165) is 12.8 Å². The van der Waals surface area contributed by atoms with E-state index in [4.69, 9.17) is 0 Å². The summed E-state index contributed by atoms with van der Waals surface area (Å²) in [5.41, 5.74) is 2.86. The topological polar surface area (TPSA) is 0 Å². The van der Waals surface area contributed by atoms with Gasteiger partial charge in [-0.2, -0.15) is 0 Å². The van der Waals surface area contributed by atoms with Gasteiger partial charge in [0.05, 0.1) is 0 Å². The van der Waals surface area contributed by atoms with Gasteiger partial charge in [-0.1, -0.05) is 117 Å². The Kier molecular flexibility index (Phi) is 17.4. The van der Waals surface area contributed by atoms with E-state index in [-0.39, 0.29) is 0 Å². The van der Waals surface area contributed by atoms with Crippen LogP contribution in [0, 0.1) is 0 Å². The zero-order chi connectivity index (χ0) is 21.2. The maximum absolute atomic E-state index is 3.87. The van der Waals surface area contributed by atoms with Crippen molar-refractivity contribution in [1.29, 1.82) is 0 Å². The molecule has 27 heavy (non-hydrogen) atoms. The van der Waals surface area contributed by atoms with Crippen LogP contribution < -0.4 is 10.4 Å². The highest BCUT2D eigenvalue weighted by Gasteiger charge is 2.11. The molecule has 0 radical (unpaired) electrons. The number of allylic oxidation sites excluding steroid dienone is 2. The van der Waals surface area contributed by atoms with E-state index in [9.17, 15) is 0 Å². The minimum absolute atomic E-state index is 1.12. The first kappa shape index (κ1) is 27.1. The number of fused-ring (bicyclic) bond motifs is 3. The second-order valence-corrected chi connectivity index (χ2v) is 4.90. The number of hydrogen-bond donors (Lipinski definition) is 0. The van der Waals surface area contributed by atoms with Crippen LogP contribution in [0.15, 0.2) is 43.0 Å². The highest BCUT2D eigenvalue weighted by atomic mass is 14.1. The molecule has 3 rings (SSSR count). The van der Waals surface area contributed by atoms with Gasteiger partial charge in [-0.25, -0.2) is 0 Å². The molecule has 0 fully saturated rings. The summed E-state index contributed by atoms with van der Waals surface area (Å²) in [6.07, 6.45) is 13.1. The standard InChI is InChI=1S/C19H18.4C2H6/c1-3-9-15-14(4-2)16-10-5-6-12-18(16)19-13-8-7-11-17(15)19;4*1-2/h3-6,8-10,12-13H,1,7,11H2,2H3;4*1-2H3/b14-4+,15-9+;;;;. The van der Waals surface area contributed by atoms with Crippen LogP contribution in [-0.4, -0.2) is 0 Å². The first-order chi connectivity index (χ1) is 13.4. The normalized spacial score (nSPS) is 12.0. The second-order valence-electron chi connectivity index (χ2n) is 4.90. The molecule has 0 amide bonds. The Labute approximate surface area is 169 Å². The molecule has 0 aromatic heterocycles. The average molecular weight is 367 g/mol. The fraction of sp³-hybridized carbons (Fsp3) is 0.407. The Morgan fingerprint density at radius 3 is 1.89 bits per heavy atom. The predicted octanol–water partition coefficient (Wildman–Crippen LogP) is 7.67. The first-order valence-corrected chi connectivity index (χ1v) is 10.9. The van der Waals surface area contributed by atoms with E-state index >= 15 is 0 Å². The van der Waals surface area contributed by atoms with Gasteiger partial charge in [0.25, 0.3) is 0 Å². The molecule has 0 unspecified atom stereocenters. The van der Waals surface area contributed by atoms with E-state index in [2.05, 4.69) is 62.1 Å². The molecule has 0 heteroatoms. The lowest BCUT2D eigenvalue weighted by Crippen LogP contribution is -2.31. The van der Waals surface area contributed by atoms with E-state index < -0.39 is 0 Å². The number of benzene rings is 2. The Morgan fingerprint density at radius 1 is 0.815 bits per heavy atom. The monoisotopic (exact) mass is 366 g/mol. The van der Waals surface area contributed by atoms with Crippen LogP contribution in [0.3, 0.4) is 0 Å². The minimum Gasteiger partial charge on any atom is -0.0990 e. The predicted molar refractivity (Wildman–Crippen MR) is 131 cm³/mol. The summed E-state index contributed by atoms with van der Waals surface area (Å²) in [5, 5.41) is 5.38. The molecule has 0 atom stereocenters. The third-order valence-electron chi connectivity index (χ3n) is 3.87. The van der Waals surface area contributed by atoms with E-state index in [1.807, 2.05) is 61.5 Å². The van der Waals surface area contributed by atoms with Gasteiger partial charge in [-0.15, -0.1) is 0 Å². The lowest BCUT2D eigenvalue weighted by atomic mass is 9.88. The van der Waals surface area contributed by atoms with Gasteiger partial charge >= 0.3 is 0 Å². The second kappa shape index (κ2) is 17.3. The Hall–Kier alpha value is -2.08. The molecule has 0 saturated heterocycles. The fourth-order valence-corrected chi connectivity index (χ4v) is 3.08. The van der Waals surface area contributed by atoms with Crippen LogP contribution in [0.5, 0.6) is 0 Å². The Balaban J connectivity index is 0.